The Labute approximate surface area is 198 Å². The standard InChI is InChI=1S/2C13H14N2O2/c2*1-9-5-4-6-11(7-9)17-13-12(8-16)10(2)14-15(13)3/h2*4-8H,1-3H3. The fourth-order valence-electron chi connectivity index (χ4n) is 3.40. The largest absolute Gasteiger partial charge is 0.439 e. The molecule has 0 N–H and O–H groups in total. The third-order valence-corrected chi connectivity index (χ3v) is 5.07. The molecule has 0 amide bonds. The summed E-state index contributed by atoms with van der Waals surface area (Å²) in [4.78, 5) is 22.0. The molecule has 0 aliphatic heterocycles. The second-order valence-electron chi connectivity index (χ2n) is 7.93. The van der Waals surface area contributed by atoms with E-state index in [1.807, 2.05) is 62.4 Å². The quantitative estimate of drug-likeness (QED) is 0.364. The van der Waals surface area contributed by atoms with Gasteiger partial charge in [-0.15, -0.1) is 0 Å². The van der Waals surface area contributed by atoms with Crippen molar-refractivity contribution in [1.82, 2.24) is 19.6 Å². The van der Waals surface area contributed by atoms with E-state index in [2.05, 4.69) is 10.2 Å². The number of aromatic nitrogens is 4. The minimum absolute atomic E-state index is 0.475. The lowest BCUT2D eigenvalue weighted by Crippen LogP contribution is -1.96. The molecule has 176 valence electrons. The van der Waals surface area contributed by atoms with Crippen LogP contribution in [-0.4, -0.2) is 32.1 Å². The van der Waals surface area contributed by atoms with E-state index < -0.39 is 0 Å². The predicted molar refractivity (Wildman–Crippen MR) is 129 cm³/mol. The number of carbonyl (C=O) groups is 2. The molecule has 0 saturated heterocycles. The van der Waals surface area contributed by atoms with Gasteiger partial charge in [-0.25, -0.2) is 9.36 Å². The van der Waals surface area contributed by atoms with E-state index in [9.17, 15) is 9.59 Å². The maximum absolute atomic E-state index is 11.0. The summed E-state index contributed by atoms with van der Waals surface area (Å²) >= 11 is 0. The Balaban J connectivity index is 0.000000191. The summed E-state index contributed by atoms with van der Waals surface area (Å²) in [6, 6.07) is 15.3. The number of carbonyl (C=O) groups excluding carboxylic acids is 2. The molecule has 2 aromatic heterocycles. The van der Waals surface area contributed by atoms with Crippen molar-refractivity contribution < 1.29 is 19.1 Å². The molecule has 2 aromatic carbocycles. The molecule has 0 aliphatic carbocycles. The highest BCUT2D eigenvalue weighted by atomic mass is 16.5. The first-order valence-electron chi connectivity index (χ1n) is 10.7. The zero-order chi connectivity index (χ0) is 24.8. The van der Waals surface area contributed by atoms with Crippen molar-refractivity contribution in [1.29, 1.82) is 0 Å². The Morgan fingerprint density at radius 3 is 1.38 bits per heavy atom. The molecule has 0 unspecified atom stereocenters. The summed E-state index contributed by atoms with van der Waals surface area (Å²) in [5.41, 5.74) is 4.54. The number of benzene rings is 2. The van der Waals surface area contributed by atoms with Gasteiger partial charge >= 0.3 is 0 Å². The maximum atomic E-state index is 11.0. The van der Waals surface area contributed by atoms with Gasteiger partial charge in [0.1, 0.15) is 11.5 Å². The van der Waals surface area contributed by atoms with Crippen LogP contribution in [0.1, 0.15) is 43.2 Å². The Kier molecular flexibility index (Phi) is 7.63. The SMILES string of the molecule is Cc1cccc(Oc2c(C=O)c(C)nn2C)c1.Cc1cccc(Oc2c(C=O)c(C)nn2C)c1. The van der Waals surface area contributed by atoms with Crippen LogP contribution >= 0.6 is 0 Å². The maximum Gasteiger partial charge on any atom is 0.228 e. The molecule has 0 bridgehead atoms. The summed E-state index contributed by atoms with van der Waals surface area (Å²) in [5.74, 6) is 2.36. The molecular formula is C26H28N4O4. The number of hydrogen-bond acceptors (Lipinski definition) is 6. The van der Waals surface area contributed by atoms with Crippen LogP contribution in [0.4, 0.5) is 0 Å². The lowest BCUT2D eigenvalue weighted by molar-refractivity contribution is 0.111. The zero-order valence-corrected chi connectivity index (χ0v) is 20.2. The summed E-state index contributed by atoms with van der Waals surface area (Å²) in [7, 11) is 3.51. The van der Waals surface area contributed by atoms with Gasteiger partial charge in [0.15, 0.2) is 12.6 Å². The van der Waals surface area contributed by atoms with Crippen LogP contribution in [0.5, 0.6) is 23.3 Å². The zero-order valence-electron chi connectivity index (χ0n) is 20.2. The van der Waals surface area contributed by atoms with Crippen LogP contribution in [0.15, 0.2) is 48.5 Å². The highest BCUT2D eigenvalue weighted by molar-refractivity contribution is 5.80. The number of rotatable bonds is 6. The third-order valence-electron chi connectivity index (χ3n) is 5.07. The highest BCUT2D eigenvalue weighted by Gasteiger charge is 2.15. The lowest BCUT2D eigenvalue weighted by atomic mass is 10.2. The summed E-state index contributed by atoms with van der Waals surface area (Å²) in [6.45, 7) is 7.55. The van der Waals surface area contributed by atoms with Gasteiger partial charge < -0.3 is 9.47 Å². The smallest absolute Gasteiger partial charge is 0.228 e. The van der Waals surface area contributed by atoms with Crippen LogP contribution in [0, 0.1) is 27.7 Å². The number of hydrogen-bond donors (Lipinski definition) is 0. The number of ether oxygens (including phenoxy) is 2. The van der Waals surface area contributed by atoms with Crippen molar-refractivity contribution in [3.05, 3.63) is 82.2 Å². The van der Waals surface area contributed by atoms with Crippen LogP contribution in [-0.2, 0) is 14.1 Å². The van der Waals surface area contributed by atoms with Crippen LogP contribution in [0.3, 0.4) is 0 Å². The molecule has 0 atom stereocenters. The van der Waals surface area contributed by atoms with Crippen molar-refractivity contribution >= 4 is 12.6 Å². The number of aldehydes is 2. The summed E-state index contributed by atoms with van der Waals surface area (Å²) in [6.07, 6.45) is 1.54. The summed E-state index contributed by atoms with van der Waals surface area (Å²) < 4.78 is 14.5. The van der Waals surface area contributed by atoms with E-state index in [0.717, 1.165) is 23.7 Å². The molecule has 0 saturated carbocycles. The molecule has 0 aliphatic rings. The molecule has 0 radical (unpaired) electrons. The minimum atomic E-state index is 0.475. The lowest BCUT2D eigenvalue weighted by Gasteiger charge is -2.06. The molecule has 2 heterocycles. The normalized spacial score (nSPS) is 10.3. The molecule has 0 spiro atoms. The molecule has 34 heavy (non-hydrogen) atoms. The molecule has 4 rings (SSSR count). The Bertz CT molecular complexity index is 1220. The third kappa shape index (κ3) is 5.58. The molecule has 0 fully saturated rings. The Morgan fingerprint density at radius 1 is 0.676 bits per heavy atom. The van der Waals surface area contributed by atoms with Crippen molar-refractivity contribution in [3.63, 3.8) is 0 Å². The van der Waals surface area contributed by atoms with E-state index in [1.165, 1.54) is 0 Å². The average Bonchev–Trinajstić information content (AvgIpc) is 3.21. The van der Waals surface area contributed by atoms with Gasteiger partial charge in [-0.1, -0.05) is 24.3 Å². The molecule has 4 aromatic rings. The fraction of sp³-hybridized carbons (Fsp3) is 0.231. The topological polar surface area (TPSA) is 88.2 Å². The minimum Gasteiger partial charge on any atom is -0.439 e. The second kappa shape index (κ2) is 10.6. The van der Waals surface area contributed by atoms with E-state index in [4.69, 9.17) is 9.47 Å². The van der Waals surface area contributed by atoms with Gasteiger partial charge in [-0.3, -0.25) is 9.59 Å². The van der Waals surface area contributed by atoms with E-state index >= 15 is 0 Å². The first-order chi connectivity index (χ1) is 16.2. The van der Waals surface area contributed by atoms with Gasteiger partial charge in [-0.2, -0.15) is 10.2 Å². The van der Waals surface area contributed by atoms with E-state index in [0.29, 0.717) is 45.8 Å². The van der Waals surface area contributed by atoms with Gasteiger partial charge in [0.2, 0.25) is 11.8 Å². The average molecular weight is 461 g/mol. The van der Waals surface area contributed by atoms with Crippen molar-refractivity contribution in [3.8, 4) is 23.3 Å². The highest BCUT2D eigenvalue weighted by Crippen LogP contribution is 2.27. The first-order valence-corrected chi connectivity index (χ1v) is 10.7. The molecular weight excluding hydrogens is 432 g/mol. The Morgan fingerprint density at radius 2 is 1.06 bits per heavy atom. The first kappa shape index (κ1) is 24.4. The molecule has 8 nitrogen and oxygen atoms in total. The second-order valence-corrected chi connectivity index (χ2v) is 7.93. The summed E-state index contributed by atoms with van der Waals surface area (Å²) in [5, 5.41) is 8.32. The van der Waals surface area contributed by atoms with Gasteiger partial charge in [0, 0.05) is 14.1 Å². The van der Waals surface area contributed by atoms with Crippen LogP contribution in [0.25, 0.3) is 0 Å². The monoisotopic (exact) mass is 460 g/mol. The van der Waals surface area contributed by atoms with Crippen LogP contribution in [0.2, 0.25) is 0 Å². The number of aryl methyl sites for hydroxylation is 6. The van der Waals surface area contributed by atoms with Crippen molar-refractivity contribution in [2.45, 2.75) is 27.7 Å². The predicted octanol–water partition coefficient (Wildman–Crippen LogP) is 5.28. The van der Waals surface area contributed by atoms with Crippen LogP contribution < -0.4 is 9.47 Å². The van der Waals surface area contributed by atoms with Crippen molar-refractivity contribution in [2.75, 3.05) is 0 Å². The van der Waals surface area contributed by atoms with Gasteiger partial charge in [0.25, 0.3) is 0 Å². The van der Waals surface area contributed by atoms with E-state index in [-0.39, 0.29) is 0 Å². The van der Waals surface area contributed by atoms with Crippen molar-refractivity contribution in [2.24, 2.45) is 14.1 Å². The van der Waals surface area contributed by atoms with Gasteiger partial charge in [0.05, 0.1) is 22.5 Å². The fourth-order valence-corrected chi connectivity index (χ4v) is 3.40. The molecule has 8 heteroatoms. The number of nitrogens with zero attached hydrogens (tertiary/aromatic N) is 4. The Hall–Kier alpha value is -4.20. The van der Waals surface area contributed by atoms with E-state index in [1.54, 1.807) is 37.3 Å². The van der Waals surface area contributed by atoms with Gasteiger partial charge in [-0.05, 0) is 63.1 Å².